The predicted octanol–water partition coefficient (Wildman–Crippen LogP) is 2.70. The van der Waals surface area contributed by atoms with Gasteiger partial charge in [-0.05, 0) is 49.7 Å². The van der Waals surface area contributed by atoms with Crippen molar-refractivity contribution < 1.29 is 4.79 Å². The summed E-state index contributed by atoms with van der Waals surface area (Å²) in [5, 5.41) is 3.03. The van der Waals surface area contributed by atoms with Crippen LogP contribution < -0.4 is 10.2 Å². The summed E-state index contributed by atoms with van der Waals surface area (Å²) in [6, 6.07) is 6.07. The molecular formula is C19H26N4OS. The van der Waals surface area contributed by atoms with E-state index in [1.165, 1.54) is 10.4 Å². The van der Waals surface area contributed by atoms with Crippen LogP contribution >= 0.6 is 11.3 Å². The Bertz CT molecular complexity index is 735. The van der Waals surface area contributed by atoms with E-state index >= 15 is 0 Å². The first-order valence-electron chi connectivity index (χ1n) is 8.82. The highest BCUT2D eigenvalue weighted by Crippen LogP contribution is 2.22. The molecule has 3 rings (SSSR count). The van der Waals surface area contributed by atoms with E-state index in [9.17, 15) is 4.79 Å². The Hall–Kier alpha value is -1.92. The molecule has 0 atom stereocenters. The van der Waals surface area contributed by atoms with Gasteiger partial charge in [0, 0.05) is 43.8 Å². The third-order valence-corrected chi connectivity index (χ3v) is 5.81. The third kappa shape index (κ3) is 4.38. The van der Waals surface area contributed by atoms with Gasteiger partial charge in [-0.2, -0.15) is 0 Å². The number of aromatic nitrogens is 1. The molecule has 0 unspecified atom stereocenters. The van der Waals surface area contributed by atoms with Crippen molar-refractivity contribution >= 4 is 23.1 Å². The molecule has 0 spiro atoms. The molecule has 0 bridgehead atoms. The van der Waals surface area contributed by atoms with E-state index in [-0.39, 0.29) is 5.91 Å². The molecule has 6 heteroatoms. The molecule has 1 N–H and O–H groups in total. The van der Waals surface area contributed by atoms with Crippen LogP contribution in [0.5, 0.6) is 0 Å². The Kier molecular flexibility index (Phi) is 5.71. The lowest BCUT2D eigenvalue weighted by Crippen LogP contribution is -2.44. The summed E-state index contributed by atoms with van der Waals surface area (Å²) < 4.78 is 0. The van der Waals surface area contributed by atoms with Crippen molar-refractivity contribution in [1.82, 2.24) is 15.2 Å². The molecule has 3 heterocycles. The number of anilines is 1. The molecule has 2 aromatic rings. The quantitative estimate of drug-likeness (QED) is 0.893. The van der Waals surface area contributed by atoms with Crippen LogP contribution in [0.25, 0.3) is 0 Å². The fraction of sp³-hybridized carbons (Fsp3) is 0.474. The minimum atomic E-state index is 0.00533. The molecule has 0 aliphatic carbocycles. The van der Waals surface area contributed by atoms with Gasteiger partial charge >= 0.3 is 0 Å². The highest BCUT2D eigenvalue weighted by Gasteiger charge is 2.16. The zero-order chi connectivity index (χ0) is 17.8. The number of nitrogens with zero attached hydrogens (tertiary/aromatic N) is 3. The number of aryl methyl sites for hydroxylation is 2. The summed E-state index contributed by atoms with van der Waals surface area (Å²) in [6.07, 6.45) is 2.80. The van der Waals surface area contributed by atoms with E-state index < -0.39 is 0 Å². The van der Waals surface area contributed by atoms with Crippen LogP contribution in [-0.2, 0) is 13.0 Å². The van der Waals surface area contributed by atoms with Crippen LogP contribution in [0.15, 0.2) is 24.4 Å². The van der Waals surface area contributed by atoms with Crippen LogP contribution in [0.3, 0.4) is 0 Å². The topological polar surface area (TPSA) is 48.5 Å². The second kappa shape index (κ2) is 7.97. The van der Waals surface area contributed by atoms with Crippen molar-refractivity contribution in [2.45, 2.75) is 26.8 Å². The number of piperazine rings is 1. The summed E-state index contributed by atoms with van der Waals surface area (Å²) >= 11 is 1.57. The number of carbonyl (C=O) groups is 1. The molecule has 5 nitrogen and oxygen atoms in total. The SMILES string of the molecule is CCc1cc(C(=O)NCc2ccnc(N3CCN(C)CC3)c2)sc1C. The summed E-state index contributed by atoms with van der Waals surface area (Å²) in [7, 11) is 2.15. The molecule has 134 valence electrons. The first-order valence-corrected chi connectivity index (χ1v) is 9.64. The van der Waals surface area contributed by atoms with Crippen molar-refractivity contribution in [2.24, 2.45) is 0 Å². The average molecular weight is 359 g/mol. The normalized spacial score (nSPS) is 15.4. The molecule has 0 radical (unpaired) electrons. The molecule has 1 fully saturated rings. The number of carbonyl (C=O) groups excluding carboxylic acids is 1. The van der Waals surface area contributed by atoms with Crippen molar-refractivity contribution in [3.8, 4) is 0 Å². The smallest absolute Gasteiger partial charge is 0.261 e. The zero-order valence-electron chi connectivity index (χ0n) is 15.2. The largest absolute Gasteiger partial charge is 0.354 e. The Morgan fingerprint density at radius 1 is 1.28 bits per heavy atom. The standard InChI is InChI=1S/C19H26N4OS/c1-4-16-12-17(25-14(16)2)19(24)21-13-15-5-6-20-18(11-15)23-9-7-22(3)8-10-23/h5-6,11-12H,4,7-10,13H2,1-3H3,(H,21,24). The van der Waals surface area contributed by atoms with Gasteiger partial charge in [-0.1, -0.05) is 6.92 Å². The lowest BCUT2D eigenvalue weighted by molar-refractivity contribution is 0.0955. The van der Waals surface area contributed by atoms with Gasteiger partial charge in [-0.3, -0.25) is 4.79 Å². The number of hydrogen-bond donors (Lipinski definition) is 1. The van der Waals surface area contributed by atoms with Crippen LogP contribution in [0.2, 0.25) is 0 Å². The fourth-order valence-corrected chi connectivity index (χ4v) is 4.06. The molecule has 0 aromatic carbocycles. The summed E-state index contributed by atoms with van der Waals surface area (Å²) in [6.45, 7) is 8.82. The number of likely N-dealkylation sites (N-methyl/N-ethyl adjacent to an activating group) is 1. The van der Waals surface area contributed by atoms with Crippen molar-refractivity contribution in [1.29, 1.82) is 0 Å². The molecule has 1 amide bonds. The Morgan fingerprint density at radius 2 is 2.04 bits per heavy atom. The van der Waals surface area contributed by atoms with E-state index in [0.29, 0.717) is 6.54 Å². The number of pyridine rings is 1. The molecular weight excluding hydrogens is 332 g/mol. The number of amides is 1. The monoisotopic (exact) mass is 358 g/mol. The maximum absolute atomic E-state index is 12.4. The molecule has 1 aliphatic rings. The highest BCUT2D eigenvalue weighted by atomic mass is 32.1. The van der Waals surface area contributed by atoms with Crippen LogP contribution in [0.1, 0.15) is 32.6 Å². The summed E-state index contributed by atoms with van der Waals surface area (Å²) in [5.41, 5.74) is 2.35. The van der Waals surface area contributed by atoms with Gasteiger partial charge in [-0.25, -0.2) is 4.98 Å². The maximum Gasteiger partial charge on any atom is 0.261 e. The van der Waals surface area contributed by atoms with Crippen molar-refractivity contribution in [2.75, 3.05) is 38.1 Å². The Balaban J connectivity index is 1.61. The second-order valence-electron chi connectivity index (χ2n) is 6.54. The van der Waals surface area contributed by atoms with E-state index in [2.05, 4.69) is 47.1 Å². The first-order chi connectivity index (χ1) is 12.1. The van der Waals surface area contributed by atoms with E-state index in [4.69, 9.17) is 0 Å². The predicted molar refractivity (Wildman–Crippen MR) is 104 cm³/mol. The lowest BCUT2D eigenvalue weighted by atomic mass is 10.2. The van der Waals surface area contributed by atoms with Crippen molar-refractivity contribution in [3.63, 3.8) is 0 Å². The number of hydrogen-bond acceptors (Lipinski definition) is 5. The average Bonchev–Trinajstić information content (AvgIpc) is 3.01. The van der Waals surface area contributed by atoms with Gasteiger partial charge in [0.15, 0.2) is 0 Å². The van der Waals surface area contributed by atoms with Crippen LogP contribution in [0, 0.1) is 6.92 Å². The minimum Gasteiger partial charge on any atom is -0.354 e. The van der Waals surface area contributed by atoms with Gasteiger partial charge in [0.2, 0.25) is 0 Å². The van der Waals surface area contributed by atoms with E-state index in [1.54, 1.807) is 11.3 Å². The molecule has 1 saturated heterocycles. The fourth-order valence-electron chi connectivity index (χ4n) is 3.03. The zero-order valence-corrected chi connectivity index (χ0v) is 16.0. The minimum absolute atomic E-state index is 0.00533. The van der Waals surface area contributed by atoms with Crippen LogP contribution in [0.4, 0.5) is 5.82 Å². The number of thiophene rings is 1. The number of nitrogens with one attached hydrogen (secondary N) is 1. The lowest BCUT2D eigenvalue weighted by Gasteiger charge is -2.33. The van der Waals surface area contributed by atoms with Gasteiger partial charge in [0.05, 0.1) is 4.88 Å². The second-order valence-corrected chi connectivity index (χ2v) is 7.80. The summed E-state index contributed by atoms with van der Waals surface area (Å²) in [4.78, 5) is 23.5. The van der Waals surface area contributed by atoms with E-state index in [1.807, 2.05) is 18.3 Å². The molecule has 2 aromatic heterocycles. The van der Waals surface area contributed by atoms with E-state index in [0.717, 1.165) is 48.9 Å². The van der Waals surface area contributed by atoms with Gasteiger partial charge in [0.25, 0.3) is 5.91 Å². The molecule has 25 heavy (non-hydrogen) atoms. The summed E-state index contributed by atoms with van der Waals surface area (Å²) in [5.74, 6) is 1.01. The highest BCUT2D eigenvalue weighted by molar-refractivity contribution is 7.14. The van der Waals surface area contributed by atoms with Gasteiger partial charge in [0.1, 0.15) is 5.82 Å². The van der Waals surface area contributed by atoms with Crippen LogP contribution in [-0.4, -0.2) is 49.0 Å². The van der Waals surface area contributed by atoms with Gasteiger partial charge in [-0.15, -0.1) is 11.3 Å². The Labute approximate surface area is 153 Å². The molecule has 0 saturated carbocycles. The first kappa shape index (κ1) is 17.9. The maximum atomic E-state index is 12.4. The molecule has 1 aliphatic heterocycles. The van der Waals surface area contributed by atoms with Gasteiger partial charge < -0.3 is 15.1 Å². The number of rotatable bonds is 5. The third-order valence-electron chi connectivity index (χ3n) is 4.72. The Morgan fingerprint density at radius 3 is 2.72 bits per heavy atom. The van der Waals surface area contributed by atoms with Crippen molar-refractivity contribution in [3.05, 3.63) is 45.3 Å².